The van der Waals surface area contributed by atoms with Crippen molar-refractivity contribution >= 4 is 23.1 Å². The molecule has 0 aromatic heterocycles. The minimum absolute atomic E-state index is 0.168. The molecule has 0 radical (unpaired) electrons. The van der Waals surface area contributed by atoms with Gasteiger partial charge in [-0.3, -0.25) is 14.5 Å². The van der Waals surface area contributed by atoms with Crippen molar-refractivity contribution in [3.63, 3.8) is 0 Å². The zero-order valence-electron chi connectivity index (χ0n) is 14.9. The number of fused-ring (bicyclic) bond motifs is 1. The van der Waals surface area contributed by atoms with Crippen LogP contribution < -0.4 is 4.90 Å². The van der Waals surface area contributed by atoms with E-state index in [9.17, 15) is 9.59 Å². The van der Waals surface area contributed by atoms with Gasteiger partial charge >= 0.3 is 0 Å². The van der Waals surface area contributed by atoms with Crippen molar-refractivity contribution in [2.45, 2.75) is 26.2 Å². The lowest BCUT2D eigenvalue weighted by molar-refractivity contribution is -0.136. The van der Waals surface area contributed by atoms with Gasteiger partial charge in [-0.15, -0.1) is 0 Å². The molecule has 0 bridgehead atoms. The molecule has 4 nitrogen and oxygen atoms in total. The van der Waals surface area contributed by atoms with E-state index >= 15 is 0 Å². The van der Waals surface area contributed by atoms with Gasteiger partial charge < -0.3 is 4.90 Å². The lowest BCUT2D eigenvalue weighted by atomic mass is 10.0. The molecule has 2 aliphatic heterocycles. The number of carbonyl (C=O) groups excluding carboxylic acids is 2. The van der Waals surface area contributed by atoms with Crippen LogP contribution in [0, 0.1) is 0 Å². The smallest absolute Gasteiger partial charge is 0.278 e. The first-order valence-corrected chi connectivity index (χ1v) is 9.23. The molecule has 26 heavy (non-hydrogen) atoms. The van der Waals surface area contributed by atoms with Crippen molar-refractivity contribution in [2.24, 2.45) is 0 Å². The lowest BCUT2D eigenvalue weighted by Gasteiger charge is -2.21. The van der Waals surface area contributed by atoms with Crippen LogP contribution in [-0.2, 0) is 16.0 Å². The number of hydrogen-bond donors (Lipinski definition) is 0. The van der Waals surface area contributed by atoms with Crippen molar-refractivity contribution in [1.29, 1.82) is 0 Å². The van der Waals surface area contributed by atoms with Crippen LogP contribution in [-0.4, -0.2) is 29.8 Å². The Morgan fingerprint density at radius 1 is 0.923 bits per heavy atom. The number of hydrogen-bond acceptors (Lipinski definition) is 3. The van der Waals surface area contributed by atoms with E-state index in [4.69, 9.17) is 0 Å². The van der Waals surface area contributed by atoms with Crippen LogP contribution >= 0.6 is 0 Å². The third-order valence-electron chi connectivity index (χ3n) is 5.10. The van der Waals surface area contributed by atoms with Crippen LogP contribution in [0.5, 0.6) is 0 Å². The number of rotatable bonds is 5. The van der Waals surface area contributed by atoms with Crippen molar-refractivity contribution in [1.82, 2.24) is 4.90 Å². The second-order valence-corrected chi connectivity index (χ2v) is 6.74. The van der Waals surface area contributed by atoms with Crippen LogP contribution in [0.3, 0.4) is 0 Å². The van der Waals surface area contributed by atoms with Gasteiger partial charge in [0.15, 0.2) is 0 Å². The summed E-state index contributed by atoms with van der Waals surface area (Å²) >= 11 is 0. The van der Waals surface area contributed by atoms with E-state index in [2.05, 4.69) is 13.0 Å². The number of para-hydroxylation sites is 1. The van der Waals surface area contributed by atoms with Crippen LogP contribution in [0.1, 0.15) is 30.9 Å². The topological polar surface area (TPSA) is 40.6 Å². The number of unbranched alkanes of at least 4 members (excludes halogenated alkanes) is 1. The monoisotopic (exact) mass is 346 g/mol. The average molecular weight is 346 g/mol. The summed E-state index contributed by atoms with van der Waals surface area (Å²) in [6.07, 6.45) is 2.65. The highest BCUT2D eigenvalue weighted by molar-refractivity contribution is 6.36. The quantitative estimate of drug-likeness (QED) is 0.776. The first kappa shape index (κ1) is 16.6. The molecule has 0 N–H and O–H groups in total. The molecule has 2 aliphatic rings. The molecule has 0 spiro atoms. The van der Waals surface area contributed by atoms with Gasteiger partial charge in [-0.1, -0.05) is 61.9 Å². The average Bonchev–Trinajstić information content (AvgIpc) is 3.20. The Labute approximate surface area is 153 Å². The maximum Gasteiger partial charge on any atom is 0.278 e. The number of carbonyl (C=O) groups is 2. The molecule has 2 heterocycles. The molecule has 4 rings (SSSR count). The summed E-state index contributed by atoms with van der Waals surface area (Å²) in [5.41, 5.74) is 4.13. The van der Waals surface area contributed by atoms with E-state index in [-0.39, 0.29) is 11.8 Å². The van der Waals surface area contributed by atoms with Crippen molar-refractivity contribution in [3.05, 3.63) is 71.4 Å². The summed E-state index contributed by atoms with van der Waals surface area (Å²) in [6.45, 7) is 3.27. The van der Waals surface area contributed by atoms with Gasteiger partial charge in [0.2, 0.25) is 0 Å². The summed E-state index contributed by atoms with van der Waals surface area (Å²) in [4.78, 5) is 29.8. The Hall–Kier alpha value is -2.88. The van der Waals surface area contributed by atoms with Gasteiger partial charge in [-0.25, -0.2) is 0 Å². The molecule has 0 unspecified atom stereocenters. The number of nitrogens with zero attached hydrogens (tertiary/aromatic N) is 2. The van der Waals surface area contributed by atoms with Crippen molar-refractivity contribution in [2.75, 3.05) is 18.0 Å². The minimum atomic E-state index is -0.172. The third kappa shape index (κ3) is 2.62. The number of anilines is 1. The predicted octanol–water partition coefficient (Wildman–Crippen LogP) is 3.63. The van der Waals surface area contributed by atoms with Gasteiger partial charge in [0.1, 0.15) is 5.70 Å². The zero-order chi connectivity index (χ0) is 18.1. The molecule has 2 aromatic carbocycles. The van der Waals surface area contributed by atoms with E-state index in [1.165, 1.54) is 10.5 Å². The van der Waals surface area contributed by atoms with E-state index in [0.29, 0.717) is 17.8 Å². The minimum Gasteiger partial charge on any atom is -0.336 e. The summed E-state index contributed by atoms with van der Waals surface area (Å²) in [6, 6.07) is 17.7. The van der Waals surface area contributed by atoms with Crippen LogP contribution in [0.15, 0.2) is 60.3 Å². The van der Waals surface area contributed by atoms with E-state index < -0.39 is 0 Å². The number of amides is 2. The second-order valence-electron chi connectivity index (χ2n) is 6.74. The SMILES string of the molecule is CCCCN1C(=O)C(c2ccccc2)=C(N2CCc3ccccc32)C1=O. The highest BCUT2D eigenvalue weighted by Gasteiger charge is 2.42. The molecule has 0 saturated carbocycles. The Bertz CT molecular complexity index is 886. The van der Waals surface area contributed by atoms with Crippen molar-refractivity contribution < 1.29 is 9.59 Å². The number of imide groups is 1. The Balaban J connectivity index is 1.83. The molecular formula is C22H22N2O2. The van der Waals surface area contributed by atoms with E-state index in [1.807, 2.05) is 53.4 Å². The van der Waals surface area contributed by atoms with Crippen LogP contribution in [0.2, 0.25) is 0 Å². The highest BCUT2D eigenvalue weighted by atomic mass is 16.2. The molecule has 132 valence electrons. The highest BCUT2D eigenvalue weighted by Crippen LogP contribution is 2.38. The molecular weight excluding hydrogens is 324 g/mol. The maximum absolute atomic E-state index is 13.2. The Morgan fingerprint density at radius 2 is 1.65 bits per heavy atom. The van der Waals surface area contributed by atoms with Crippen LogP contribution in [0.4, 0.5) is 5.69 Å². The zero-order valence-corrected chi connectivity index (χ0v) is 14.9. The van der Waals surface area contributed by atoms with Gasteiger partial charge in [-0.05, 0) is 30.0 Å². The Kier molecular flexibility index (Phi) is 4.33. The van der Waals surface area contributed by atoms with Gasteiger partial charge in [0.25, 0.3) is 11.8 Å². The molecule has 0 atom stereocenters. The summed E-state index contributed by atoms with van der Waals surface area (Å²) in [7, 11) is 0. The fourth-order valence-electron chi connectivity index (χ4n) is 3.77. The van der Waals surface area contributed by atoms with Crippen LogP contribution in [0.25, 0.3) is 5.57 Å². The molecule has 0 aliphatic carbocycles. The standard InChI is InChI=1S/C22H22N2O2/c1-2-3-14-24-21(25)19(17-10-5-4-6-11-17)20(22(24)26)23-15-13-16-9-7-8-12-18(16)23/h4-12H,2-3,13-15H2,1H3. The van der Waals surface area contributed by atoms with E-state index in [0.717, 1.165) is 37.1 Å². The maximum atomic E-state index is 13.2. The van der Waals surface area contributed by atoms with E-state index in [1.54, 1.807) is 0 Å². The van der Waals surface area contributed by atoms with Gasteiger partial charge in [0, 0.05) is 18.8 Å². The Morgan fingerprint density at radius 3 is 2.42 bits per heavy atom. The molecule has 0 fully saturated rings. The fourth-order valence-corrected chi connectivity index (χ4v) is 3.77. The third-order valence-corrected chi connectivity index (χ3v) is 5.10. The first-order valence-electron chi connectivity index (χ1n) is 9.23. The number of benzene rings is 2. The normalized spacial score (nSPS) is 16.7. The van der Waals surface area contributed by atoms with Gasteiger partial charge in [-0.2, -0.15) is 0 Å². The second kappa shape index (κ2) is 6.79. The predicted molar refractivity (Wildman–Crippen MR) is 102 cm³/mol. The molecule has 2 amide bonds. The summed E-state index contributed by atoms with van der Waals surface area (Å²) in [5, 5.41) is 0. The summed E-state index contributed by atoms with van der Waals surface area (Å²) in [5.74, 6) is -0.340. The van der Waals surface area contributed by atoms with Crippen molar-refractivity contribution in [3.8, 4) is 0 Å². The van der Waals surface area contributed by atoms with Gasteiger partial charge in [0.05, 0.1) is 5.57 Å². The lowest BCUT2D eigenvalue weighted by Crippen LogP contribution is -2.35. The molecule has 4 heteroatoms. The first-order chi connectivity index (χ1) is 12.7. The molecule has 2 aromatic rings. The fraction of sp³-hybridized carbons (Fsp3) is 0.273. The molecule has 0 saturated heterocycles. The summed E-state index contributed by atoms with van der Waals surface area (Å²) < 4.78 is 0. The largest absolute Gasteiger partial charge is 0.336 e.